The smallest absolute Gasteiger partial charge is 0.269 e. The van der Waals surface area contributed by atoms with Crippen molar-refractivity contribution in [3.05, 3.63) is 59.2 Å². The maximum Gasteiger partial charge on any atom is 0.269 e. The number of anilines is 1. The van der Waals surface area contributed by atoms with Gasteiger partial charge < -0.3 is 11.5 Å². The van der Waals surface area contributed by atoms with Crippen LogP contribution < -0.4 is 11.5 Å². The molecule has 1 amide bonds. The van der Waals surface area contributed by atoms with Crippen molar-refractivity contribution < 1.29 is 4.79 Å². The van der Waals surface area contributed by atoms with Crippen molar-refractivity contribution >= 4 is 43.9 Å². The normalized spacial score (nSPS) is 11.3. The van der Waals surface area contributed by atoms with Gasteiger partial charge in [0, 0.05) is 21.2 Å². The van der Waals surface area contributed by atoms with Crippen molar-refractivity contribution in [1.82, 2.24) is 20.2 Å². The van der Waals surface area contributed by atoms with Gasteiger partial charge in [0.05, 0.1) is 23.1 Å². The molecule has 142 valence electrons. The Morgan fingerprint density at radius 1 is 1.14 bits per heavy atom. The molecule has 5 aromatic rings. The molecule has 5 rings (SSSR count). The first-order valence-corrected chi connectivity index (χ1v) is 9.79. The fourth-order valence-corrected chi connectivity index (χ4v) is 4.49. The van der Waals surface area contributed by atoms with Crippen molar-refractivity contribution in [3.63, 3.8) is 0 Å². The SMILES string of the molecule is Cc1ccc2[nH]ncc2c1-c1nc(-c2cccc3ccsc23)nc(C(N)=O)c1N. The summed E-state index contributed by atoms with van der Waals surface area (Å²) in [5, 5.41) is 11.1. The van der Waals surface area contributed by atoms with E-state index >= 15 is 0 Å². The number of nitrogens with zero attached hydrogens (tertiary/aromatic N) is 3. The Morgan fingerprint density at radius 2 is 2.00 bits per heavy atom. The van der Waals surface area contributed by atoms with Crippen LogP contribution in [0.4, 0.5) is 5.69 Å². The number of benzene rings is 2. The van der Waals surface area contributed by atoms with Crippen LogP contribution >= 0.6 is 11.3 Å². The molecule has 0 atom stereocenters. The van der Waals surface area contributed by atoms with Gasteiger partial charge in [0.1, 0.15) is 0 Å². The van der Waals surface area contributed by atoms with E-state index in [1.54, 1.807) is 17.5 Å². The number of fused-ring (bicyclic) bond motifs is 2. The van der Waals surface area contributed by atoms with Crippen LogP contribution in [0.2, 0.25) is 0 Å². The molecule has 29 heavy (non-hydrogen) atoms. The van der Waals surface area contributed by atoms with E-state index < -0.39 is 5.91 Å². The summed E-state index contributed by atoms with van der Waals surface area (Å²) in [5.74, 6) is -0.279. The molecule has 0 spiro atoms. The number of aromatic amines is 1. The van der Waals surface area contributed by atoms with E-state index in [2.05, 4.69) is 15.2 Å². The number of primary amides is 1. The number of rotatable bonds is 3. The number of nitrogens with one attached hydrogen (secondary N) is 1. The predicted molar refractivity (Wildman–Crippen MR) is 116 cm³/mol. The zero-order valence-electron chi connectivity index (χ0n) is 15.4. The molecule has 0 aliphatic carbocycles. The number of amides is 1. The second kappa shape index (κ2) is 6.39. The minimum atomic E-state index is -0.692. The summed E-state index contributed by atoms with van der Waals surface area (Å²) in [6, 6.07) is 11.8. The number of hydrogen-bond donors (Lipinski definition) is 3. The number of nitrogen functional groups attached to an aromatic ring is 1. The minimum absolute atomic E-state index is 0.0125. The lowest BCUT2D eigenvalue weighted by Gasteiger charge is -2.14. The van der Waals surface area contributed by atoms with Gasteiger partial charge in [-0.15, -0.1) is 11.3 Å². The Morgan fingerprint density at radius 3 is 2.83 bits per heavy atom. The van der Waals surface area contributed by atoms with Gasteiger partial charge >= 0.3 is 0 Å². The molecule has 0 bridgehead atoms. The average molecular weight is 400 g/mol. The van der Waals surface area contributed by atoms with Gasteiger partial charge in [0.25, 0.3) is 5.91 Å². The predicted octanol–water partition coefficient (Wildman–Crippen LogP) is 3.89. The first kappa shape index (κ1) is 17.3. The number of thiophene rings is 1. The second-order valence-electron chi connectivity index (χ2n) is 6.76. The highest BCUT2D eigenvalue weighted by Crippen LogP contribution is 2.37. The van der Waals surface area contributed by atoms with E-state index in [1.165, 1.54) is 0 Å². The van der Waals surface area contributed by atoms with Crippen molar-refractivity contribution in [2.24, 2.45) is 5.73 Å². The third-order valence-electron chi connectivity index (χ3n) is 4.97. The summed E-state index contributed by atoms with van der Waals surface area (Å²) >= 11 is 1.59. The van der Waals surface area contributed by atoms with Gasteiger partial charge in [-0.25, -0.2) is 9.97 Å². The standard InChI is InChI=1S/C21H16N6OS/c1-10-5-6-14-13(9-24-27-14)15(10)17-16(22)18(20(23)28)26-21(25-17)12-4-2-3-11-7-8-29-19(11)12/h2-9H,22H2,1H3,(H2,23,28)(H,24,27). The molecule has 7 nitrogen and oxygen atoms in total. The lowest BCUT2D eigenvalue weighted by Crippen LogP contribution is -2.18. The maximum absolute atomic E-state index is 12.1. The molecule has 8 heteroatoms. The Labute approximate surface area is 169 Å². The summed E-state index contributed by atoms with van der Waals surface area (Å²) in [6.07, 6.45) is 1.73. The van der Waals surface area contributed by atoms with Crippen LogP contribution in [0.15, 0.2) is 48.0 Å². The number of carbonyl (C=O) groups excluding carboxylic acids is 1. The molecule has 2 aromatic carbocycles. The fraction of sp³-hybridized carbons (Fsp3) is 0.0476. The molecular weight excluding hydrogens is 384 g/mol. The molecule has 0 unspecified atom stereocenters. The van der Waals surface area contributed by atoms with E-state index in [1.807, 2.05) is 48.7 Å². The Kier molecular flexibility index (Phi) is 3.82. The number of hydrogen-bond acceptors (Lipinski definition) is 6. The van der Waals surface area contributed by atoms with E-state index in [4.69, 9.17) is 16.5 Å². The van der Waals surface area contributed by atoms with Crippen molar-refractivity contribution in [2.45, 2.75) is 6.92 Å². The third kappa shape index (κ3) is 2.65. The van der Waals surface area contributed by atoms with Crippen LogP contribution in [-0.2, 0) is 0 Å². The van der Waals surface area contributed by atoms with Crippen LogP contribution in [0, 0.1) is 6.92 Å². The van der Waals surface area contributed by atoms with Crippen molar-refractivity contribution in [1.29, 1.82) is 0 Å². The molecule has 0 aliphatic rings. The molecule has 0 radical (unpaired) electrons. The largest absolute Gasteiger partial charge is 0.395 e. The molecule has 0 fully saturated rings. The lowest BCUT2D eigenvalue weighted by atomic mass is 9.99. The van der Waals surface area contributed by atoms with Gasteiger partial charge in [-0.3, -0.25) is 9.89 Å². The highest BCUT2D eigenvalue weighted by atomic mass is 32.1. The number of aromatic nitrogens is 4. The molecule has 0 saturated heterocycles. The van der Waals surface area contributed by atoms with Gasteiger partial charge in [0.15, 0.2) is 11.5 Å². The monoisotopic (exact) mass is 400 g/mol. The first-order valence-electron chi connectivity index (χ1n) is 8.91. The third-order valence-corrected chi connectivity index (χ3v) is 5.93. The van der Waals surface area contributed by atoms with E-state index in [0.29, 0.717) is 11.5 Å². The zero-order chi connectivity index (χ0) is 20.1. The Hall–Kier alpha value is -3.78. The molecule has 3 aromatic heterocycles. The average Bonchev–Trinajstić information content (AvgIpc) is 3.37. The lowest BCUT2D eigenvalue weighted by molar-refractivity contribution is 0.0996. The number of H-pyrrole nitrogens is 1. The number of carbonyl (C=O) groups is 1. The van der Waals surface area contributed by atoms with Crippen LogP contribution in [0.1, 0.15) is 16.1 Å². The van der Waals surface area contributed by atoms with Crippen molar-refractivity contribution in [3.8, 4) is 22.6 Å². The Balaban J connectivity index is 1.87. The highest BCUT2D eigenvalue weighted by Gasteiger charge is 2.22. The molecular formula is C21H16N6OS. The summed E-state index contributed by atoms with van der Waals surface area (Å²) in [6.45, 7) is 1.97. The van der Waals surface area contributed by atoms with Crippen LogP contribution in [-0.4, -0.2) is 26.1 Å². The summed E-state index contributed by atoms with van der Waals surface area (Å²) in [4.78, 5) is 21.4. The van der Waals surface area contributed by atoms with Gasteiger partial charge in [-0.05, 0) is 41.5 Å². The fourth-order valence-electron chi connectivity index (χ4n) is 3.58. The molecule has 0 saturated carbocycles. The topological polar surface area (TPSA) is 124 Å². The molecule has 0 aliphatic heterocycles. The second-order valence-corrected chi connectivity index (χ2v) is 7.67. The molecule has 3 heterocycles. The summed E-state index contributed by atoms with van der Waals surface area (Å²) in [7, 11) is 0. The van der Waals surface area contributed by atoms with Crippen LogP contribution in [0.3, 0.4) is 0 Å². The first-order chi connectivity index (χ1) is 14.0. The van der Waals surface area contributed by atoms with Gasteiger partial charge in [0.2, 0.25) is 0 Å². The Bertz CT molecular complexity index is 1420. The van der Waals surface area contributed by atoms with Crippen LogP contribution in [0.5, 0.6) is 0 Å². The van der Waals surface area contributed by atoms with Crippen molar-refractivity contribution in [2.75, 3.05) is 5.73 Å². The quantitative estimate of drug-likeness (QED) is 0.424. The van der Waals surface area contributed by atoms with E-state index in [0.717, 1.165) is 37.7 Å². The van der Waals surface area contributed by atoms with Gasteiger partial charge in [-0.1, -0.05) is 18.2 Å². The summed E-state index contributed by atoms with van der Waals surface area (Å²) in [5.41, 5.74) is 16.0. The van der Waals surface area contributed by atoms with Crippen LogP contribution in [0.25, 0.3) is 43.6 Å². The van der Waals surface area contributed by atoms with E-state index in [9.17, 15) is 4.79 Å². The minimum Gasteiger partial charge on any atom is -0.395 e. The number of nitrogens with two attached hydrogens (primary N) is 2. The molecule has 5 N–H and O–H groups in total. The summed E-state index contributed by atoms with van der Waals surface area (Å²) < 4.78 is 1.04. The number of aryl methyl sites for hydroxylation is 1. The van der Waals surface area contributed by atoms with E-state index in [-0.39, 0.29) is 11.4 Å². The zero-order valence-corrected chi connectivity index (χ0v) is 16.2. The van der Waals surface area contributed by atoms with Gasteiger partial charge in [-0.2, -0.15) is 5.10 Å². The maximum atomic E-state index is 12.1. The highest BCUT2D eigenvalue weighted by molar-refractivity contribution is 7.17.